The molecule has 4 N–H and O–H groups in total. The maximum absolute atomic E-state index is 13.5. The van der Waals surface area contributed by atoms with Crippen LogP contribution in [-0.2, 0) is 5.41 Å². The fourth-order valence-corrected chi connectivity index (χ4v) is 4.53. The Morgan fingerprint density at radius 3 is 2.51 bits per heavy atom. The Hall–Kier alpha value is -3.97. The molecule has 0 aliphatic rings. The van der Waals surface area contributed by atoms with Gasteiger partial charge in [0.15, 0.2) is 0 Å². The Balaban J connectivity index is 1.59. The highest BCUT2D eigenvalue weighted by Gasteiger charge is 2.18. The van der Waals surface area contributed by atoms with Crippen LogP contribution < -0.4 is 16.4 Å². The predicted molar refractivity (Wildman–Crippen MR) is 163 cm³/mol. The van der Waals surface area contributed by atoms with E-state index in [1.165, 1.54) is 5.56 Å². The monoisotopic (exact) mass is 524 g/mol. The number of hydrogen-bond donors (Lipinski definition) is 3. The van der Waals surface area contributed by atoms with Crippen molar-refractivity contribution < 1.29 is 4.79 Å². The first-order valence-corrected chi connectivity index (χ1v) is 13.5. The summed E-state index contributed by atoms with van der Waals surface area (Å²) in [6.07, 6.45) is 3.89. The number of nitrogens with zero attached hydrogens (tertiary/aromatic N) is 3. The van der Waals surface area contributed by atoms with Crippen molar-refractivity contribution >= 4 is 34.1 Å². The summed E-state index contributed by atoms with van der Waals surface area (Å²) in [5.74, 6) is 0.109. The van der Waals surface area contributed by atoms with Crippen LogP contribution in [-0.4, -0.2) is 48.0 Å². The van der Waals surface area contributed by atoms with Crippen LogP contribution in [0.1, 0.15) is 55.1 Å². The average Bonchev–Trinajstić information content (AvgIpc) is 2.88. The number of benzene rings is 3. The number of nitrogens with one attached hydrogen (secondary N) is 2. The number of carbonyl (C=O) groups excluding carboxylic acids is 1. The van der Waals surface area contributed by atoms with Crippen molar-refractivity contribution in [2.24, 2.45) is 0 Å². The second kappa shape index (κ2) is 11.8. The number of carbonyl (C=O) groups is 1. The lowest BCUT2D eigenvalue weighted by atomic mass is 9.86. The van der Waals surface area contributed by atoms with E-state index in [-0.39, 0.29) is 17.3 Å². The smallest absolute Gasteiger partial charge is 0.255 e. The summed E-state index contributed by atoms with van der Waals surface area (Å²) in [7, 11) is 4.18. The summed E-state index contributed by atoms with van der Waals surface area (Å²) in [6, 6.07) is 18.1. The third kappa shape index (κ3) is 7.12. The first-order valence-electron chi connectivity index (χ1n) is 13.5. The molecule has 0 aliphatic heterocycles. The van der Waals surface area contributed by atoms with Gasteiger partial charge in [-0.15, -0.1) is 0 Å². The molecule has 1 aromatic heterocycles. The van der Waals surface area contributed by atoms with Gasteiger partial charge in [-0.1, -0.05) is 39.0 Å². The van der Waals surface area contributed by atoms with E-state index in [9.17, 15) is 4.79 Å². The van der Waals surface area contributed by atoms with Crippen LogP contribution >= 0.6 is 0 Å². The lowest BCUT2D eigenvalue weighted by Crippen LogP contribution is -2.17. The molecule has 0 bridgehead atoms. The van der Waals surface area contributed by atoms with Gasteiger partial charge in [-0.3, -0.25) is 4.79 Å². The third-order valence-electron chi connectivity index (χ3n) is 6.89. The highest BCUT2D eigenvalue weighted by atomic mass is 16.1. The second-order valence-electron chi connectivity index (χ2n) is 11.4. The van der Waals surface area contributed by atoms with Gasteiger partial charge in [0.1, 0.15) is 0 Å². The third-order valence-corrected chi connectivity index (χ3v) is 6.89. The lowest BCUT2D eigenvalue weighted by molar-refractivity contribution is 0.102. The van der Waals surface area contributed by atoms with Gasteiger partial charge in [-0.2, -0.15) is 0 Å². The van der Waals surface area contributed by atoms with Crippen molar-refractivity contribution in [2.45, 2.75) is 46.0 Å². The van der Waals surface area contributed by atoms with Crippen molar-refractivity contribution in [2.75, 3.05) is 43.6 Å². The molecule has 4 aromatic rings. The number of nitrogen functional groups attached to an aromatic ring is 1. The normalized spacial score (nSPS) is 11.7. The quantitative estimate of drug-likeness (QED) is 0.217. The zero-order valence-corrected chi connectivity index (χ0v) is 23.9. The summed E-state index contributed by atoms with van der Waals surface area (Å²) >= 11 is 0. The number of rotatable bonds is 9. The van der Waals surface area contributed by atoms with Gasteiger partial charge in [0, 0.05) is 23.7 Å². The molecule has 0 spiro atoms. The fourth-order valence-electron chi connectivity index (χ4n) is 4.53. The van der Waals surface area contributed by atoms with E-state index >= 15 is 0 Å². The minimum Gasteiger partial charge on any atom is -0.383 e. The Bertz CT molecular complexity index is 1470. The zero-order valence-electron chi connectivity index (χ0n) is 23.9. The van der Waals surface area contributed by atoms with Crippen LogP contribution in [0.4, 0.5) is 17.3 Å². The number of aryl methyl sites for hydroxylation is 1. The number of anilines is 3. The molecule has 0 unspecified atom stereocenters. The average molecular weight is 525 g/mol. The van der Waals surface area contributed by atoms with Crippen LogP contribution in [0, 0.1) is 6.92 Å². The molecular formula is C32H40N6O. The van der Waals surface area contributed by atoms with Crippen molar-refractivity contribution in [1.82, 2.24) is 14.9 Å². The topological polar surface area (TPSA) is 96.2 Å². The molecule has 0 aliphatic carbocycles. The number of unbranched alkanes of at least 4 members (excludes halogenated alkanes) is 1. The van der Waals surface area contributed by atoms with Crippen molar-refractivity contribution in [3.63, 3.8) is 0 Å². The molecule has 39 heavy (non-hydrogen) atoms. The van der Waals surface area contributed by atoms with Crippen molar-refractivity contribution in [3.05, 3.63) is 77.5 Å². The number of nitrogens with two attached hydrogens (primary N) is 1. The summed E-state index contributed by atoms with van der Waals surface area (Å²) in [6.45, 7) is 10.5. The Morgan fingerprint density at radius 1 is 0.974 bits per heavy atom. The standard InChI is InChI=1S/C32H40N6O/c1-21-9-10-23(18-26(21)22-11-13-27-24(17-22)20-35-31(33)37-27)30(39)36-29-19-25(32(2,3)4)12-14-28(29)34-15-7-8-16-38(5)6/h9-14,17-20,34H,7-8,15-16H2,1-6H3,(H,36,39)(H2,33,35,37). The summed E-state index contributed by atoms with van der Waals surface area (Å²) < 4.78 is 0. The van der Waals surface area contributed by atoms with Crippen LogP contribution in [0.2, 0.25) is 0 Å². The first kappa shape index (κ1) is 28.0. The molecule has 3 aromatic carbocycles. The van der Waals surface area contributed by atoms with E-state index in [1.807, 2.05) is 43.3 Å². The van der Waals surface area contributed by atoms with Crippen LogP contribution in [0.3, 0.4) is 0 Å². The summed E-state index contributed by atoms with van der Waals surface area (Å²) in [4.78, 5) is 24.2. The largest absolute Gasteiger partial charge is 0.383 e. The maximum Gasteiger partial charge on any atom is 0.255 e. The zero-order chi connectivity index (χ0) is 28.2. The van der Waals surface area contributed by atoms with Gasteiger partial charge in [-0.25, -0.2) is 9.97 Å². The highest BCUT2D eigenvalue weighted by molar-refractivity contribution is 6.07. The Labute approximate surface area is 231 Å². The van der Waals surface area contributed by atoms with E-state index in [4.69, 9.17) is 5.73 Å². The van der Waals surface area contributed by atoms with Gasteiger partial charge < -0.3 is 21.3 Å². The highest BCUT2D eigenvalue weighted by Crippen LogP contribution is 2.32. The molecule has 0 saturated heterocycles. The SMILES string of the molecule is Cc1ccc(C(=O)Nc2cc(C(C)(C)C)ccc2NCCCCN(C)C)cc1-c1ccc2nc(N)ncc2c1. The van der Waals surface area contributed by atoms with Crippen LogP contribution in [0.5, 0.6) is 0 Å². The predicted octanol–water partition coefficient (Wildman–Crippen LogP) is 6.49. The van der Waals surface area contributed by atoms with E-state index < -0.39 is 0 Å². The second-order valence-corrected chi connectivity index (χ2v) is 11.4. The molecule has 4 rings (SSSR count). The Morgan fingerprint density at radius 2 is 1.77 bits per heavy atom. The summed E-state index contributed by atoms with van der Waals surface area (Å²) in [5.41, 5.74) is 13.0. The molecule has 204 valence electrons. The number of amides is 1. The van der Waals surface area contributed by atoms with Gasteiger partial charge in [0.05, 0.1) is 16.9 Å². The molecule has 0 fully saturated rings. The minimum atomic E-state index is -0.144. The molecule has 0 atom stereocenters. The number of aromatic nitrogens is 2. The van der Waals surface area contributed by atoms with E-state index in [0.717, 1.165) is 64.9 Å². The molecule has 1 heterocycles. The number of fused-ring (bicyclic) bond motifs is 1. The van der Waals surface area contributed by atoms with Crippen molar-refractivity contribution in [1.29, 1.82) is 0 Å². The van der Waals surface area contributed by atoms with Gasteiger partial charge in [0.25, 0.3) is 5.91 Å². The maximum atomic E-state index is 13.5. The molecule has 0 radical (unpaired) electrons. The van der Waals surface area contributed by atoms with Crippen LogP contribution in [0.25, 0.3) is 22.0 Å². The van der Waals surface area contributed by atoms with Gasteiger partial charge in [-0.05, 0) is 104 Å². The van der Waals surface area contributed by atoms with E-state index in [1.54, 1.807) is 6.20 Å². The van der Waals surface area contributed by atoms with Gasteiger partial charge in [0.2, 0.25) is 5.95 Å². The Kier molecular flexibility index (Phi) is 8.51. The molecule has 0 saturated carbocycles. The summed E-state index contributed by atoms with van der Waals surface area (Å²) in [5, 5.41) is 7.62. The van der Waals surface area contributed by atoms with Gasteiger partial charge >= 0.3 is 0 Å². The number of hydrogen-bond acceptors (Lipinski definition) is 6. The first-order chi connectivity index (χ1) is 18.5. The van der Waals surface area contributed by atoms with Crippen LogP contribution in [0.15, 0.2) is 60.8 Å². The van der Waals surface area contributed by atoms with E-state index in [0.29, 0.717) is 5.56 Å². The van der Waals surface area contributed by atoms with E-state index in [2.05, 4.69) is 78.6 Å². The molecule has 1 amide bonds. The molecule has 7 heteroatoms. The van der Waals surface area contributed by atoms with Crippen molar-refractivity contribution in [3.8, 4) is 11.1 Å². The minimum absolute atomic E-state index is 0.0365. The lowest BCUT2D eigenvalue weighted by Gasteiger charge is -2.22. The molecular weight excluding hydrogens is 484 g/mol. The fraction of sp³-hybridized carbons (Fsp3) is 0.344. The molecule has 7 nitrogen and oxygen atoms in total.